The van der Waals surface area contributed by atoms with Gasteiger partial charge < -0.3 is 9.47 Å². The molecular formula is C24H19BrO4. The number of esters is 1. The van der Waals surface area contributed by atoms with Crippen molar-refractivity contribution in [2.24, 2.45) is 0 Å². The van der Waals surface area contributed by atoms with Crippen molar-refractivity contribution in [3.63, 3.8) is 0 Å². The molecule has 0 radical (unpaired) electrons. The lowest BCUT2D eigenvalue weighted by atomic mass is 10.1. The van der Waals surface area contributed by atoms with Crippen LogP contribution in [0.1, 0.15) is 31.8 Å². The van der Waals surface area contributed by atoms with E-state index >= 15 is 0 Å². The van der Waals surface area contributed by atoms with Crippen LogP contribution in [0.2, 0.25) is 0 Å². The van der Waals surface area contributed by atoms with Crippen molar-refractivity contribution in [1.82, 2.24) is 0 Å². The molecule has 3 aromatic carbocycles. The molecule has 29 heavy (non-hydrogen) atoms. The number of methoxy groups -OCH3 is 1. The van der Waals surface area contributed by atoms with Gasteiger partial charge in [0, 0.05) is 10.0 Å². The van der Waals surface area contributed by atoms with Crippen molar-refractivity contribution in [3.8, 4) is 11.5 Å². The minimum atomic E-state index is -0.449. The van der Waals surface area contributed by atoms with Gasteiger partial charge >= 0.3 is 5.97 Å². The second-order valence-corrected chi connectivity index (χ2v) is 7.23. The summed E-state index contributed by atoms with van der Waals surface area (Å²) in [4.78, 5) is 24.7. The second-order valence-electron chi connectivity index (χ2n) is 6.32. The van der Waals surface area contributed by atoms with Crippen molar-refractivity contribution in [2.75, 3.05) is 7.11 Å². The number of aryl methyl sites for hydroxylation is 1. The predicted molar refractivity (Wildman–Crippen MR) is 117 cm³/mol. The highest BCUT2D eigenvalue weighted by Crippen LogP contribution is 2.29. The minimum absolute atomic E-state index is 0.105. The van der Waals surface area contributed by atoms with Crippen LogP contribution in [0.25, 0.3) is 6.08 Å². The molecule has 0 unspecified atom stereocenters. The fraction of sp³-hybridized carbons (Fsp3) is 0.0833. The molecule has 0 saturated carbocycles. The summed E-state index contributed by atoms with van der Waals surface area (Å²) in [7, 11) is 1.50. The first-order chi connectivity index (χ1) is 14.0. The number of benzene rings is 3. The van der Waals surface area contributed by atoms with Crippen LogP contribution in [-0.2, 0) is 0 Å². The third kappa shape index (κ3) is 5.21. The topological polar surface area (TPSA) is 52.6 Å². The summed E-state index contributed by atoms with van der Waals surface area (Å²) < 4.78 is 11.8. The van der Waals surface area contributed by atoms with Crippen molar-refractivity contribution < 1.29 is 19.1 Å². The standard InChI is InChI=1S/C24H19BrO4/c1-16-5-3-4-6-20(16)24(27)29-22-14-8-17(15-23(22)28-2)7-13-21(26)18-9-11-19(25)12-10-18/h3-15H,1-2H3/b13-7+. The van der Waals surface area contributed by atoms with E-state index in [9.17, 15) is 9.59 Å². The van der Waals surface area contributed by atoms with Gasteiger partial charge in [-0.1, -0.05) is 46.3 Å². The fourth-order valence-corrected chi connectivity index (χ4v) is 2.98. The van der Waals surface area contributed by atoms with E-state index in [4.69, 9.17) is 9.47 Å². The highest BCUT2D eigenvalue weighted by Gasteiger charge is 2.14. The Bertz CT molecular complexity index is 1070. The van der Waals surface area contributed by atoms with Crippen LogP contribution in [0.3, 0.4) is 0 Å². The zero-order valence-electron chi connectivity index (χ0n) is 16.0. The number of halogens is 1. The Morgan fingerprint density at radius 1 is 0.931 bits per heavy atom. The van der Waals surface area contributed by atoms with Crippen LogP contribution >= 0.6 is 15.9 Å². The summed E-state index contributed by atoms with van der Waals surface area (Å²) >= 11 is 3.35. The van der Waals surface area contributed by atoms with Crippen LogP contribution in [0.15, 0.2) is 77.3 Å². The fourth-order valence-electron chi connectivity index (χ4n) is 2.71. The van der Waals surface area contributed by atoms with Crippen molar-refractivity contribution in [3.05, 3.63) is 99.5 Å². The number of hydrogen-bond donors (Lipinski definition) is 0. The average Bonchev–Trinajstić information content (AvgIpc) is 2.73. The third-order valence-corrected chi connectivity index (χ3v) is 4.84. The van der Waals surface area contributed by atoms with Crippen LogP contribution in [0.5, 0.6) is 11.5 Å². The summed E-state index contributed by atoms with van der Waals surface area (Å²) in [6.45, 7) is 1.85. The quantitative estimate of drug-likeness (QED) is 0.203. The van der Waals surface area contributed by atoms with Gasteiger partial charge in [0.25, 0.3) is 0 Å². The highest BCUT2D eigenvalue weighted by atomic mass is 79.9. The molecule has 0 amide bonds. The largest absolute Gasteiger partial charge is 0.493 e. The molecule has 3 rings (SSSR count). The number of ether oxygens (including phenoxy) is 2. The molecule has 0 fully saturated rings. The van der Waals surface area contributed by atoms with Crippen molar-refractivity contribution >= 4 is 33.8 Å². The van der Waals surface area contributed by atoms with Crippen LogP contribution in [0, 0.1) is 6.92 Å². The molecule has 0 atom stereocenters. The van der Waals surface area contributed by atoms with E-state index in [-0.39, 0.29) is 5.78 Å². The molecule has 4 nitrogen and oxygen atoms in total. The monoisotopic (exact) mass is 450 g/mol. The van der Waals surface area contributed by atoms with E-state index in [1.165, 1.54) is 13.2 Å². The Hall–Kier alpha value is -3.18. The van der Waals surface area contributed by atoms with E-state index in [1.54, 1.807) is 48.5 Å². The zero-order valence-corrected chi connectivity index (χ0v) is 17.6. The predicted octanol–water partition coefficient (Wildman–Crippen LogP) is 5.88. The normalized spacial score (nSPS) is 10.7. The van der Waals surface area contributed by atoms with Gasteiger partial charge in [-0.15, -0.1) is 0 Å². The van der Waals surface area contributed by atoms with E-state index in [1.807, 2.05) is 31.2 Å². The molecule has 0 N–H and O–H groups in total. The summed E-state index contributed by atoms with van der Waals surface area (Å²) in [6.07, 6.45) is 3.19. The van der Waals surface area contributed by atoms with E-state index in [2.05, 4.69) is 15.9 Å². The van der Waals surface area contributed by atoms with Gasteiger partial charge in [-0.2, -0.15) is 0 Å². The Morgan fingerprint density at radius 2 is 1.66 bits per heavy atom. The first kappa shape index (κ1) is 20.6. The van der Waals surface area contributed by atoms with Gasteiger partial charge in [0.15, 0.2) is 17.3 Å². The van der Waals surface area contributed by atoms with Gasteiger partial charge in [0.05, 0.1) is 12.7 Å². The summed E-state index contributed by atoms with van der Waals surface area (Å²) in [6, 6.07) is 19.5. The zero-order chi connectivity index (χ0) is 20.8. The lowest BCUT2D eigenvalue weighted by molar-refractivity contribution is 0.0728. The summed E-state index contributed by atoms with van der Waals surface area (Å²) in [5, 5.41) is 0. The Balaban J connectivity index is 1.76. The van der Waals surface area contributed by atoms with Gasteiger partial charge in [-0.05, 0) is 66.6 Å². The Morgan fingerprint density at radius 3 is 2.34 bits per heavy atom. The van der Waals surface area contributed by atoms with E-state index in [0.29, 0.717) is 22.6 Å². The van der Waals surface area contributed by atoms with Crippen LogP contribution in [0.4, 0.5) is 0 Å². The second kappa shape index (κ2) is 9.34. The van der Waals surface area contributed by atoms with Crippen LogP contribution in [-0.4, -0.2) is 18.9 Å². The number of ketones is 1. The molecular weight excluding hydrogens is 432 g/mol. The van der Waals surface area contributed by atoms with Gasteiger partial charge in [-0.25, -0.2) is 4.79 Å². The SMILES string of the molecule is COc1cc(/C=C/C(=O)c2ccc(Br)cc2)ccc1OC(=O)c1ccccc1C. The van der Waals surface area contributed by atoms with E-state index < -0.39 is 5.97 Å². The summed E-state index contributed by atoms with van der Waals surface area (Å²) in [5.74, 6) is 0.170. The lowest BCUT2D eigenvalue weighted by Gasteiger charge is -2.11. The smallest absolute Gasteiger partial charge is 0.343 e. The molecule has 146 valence electrons. The molecule has 0 heterocycles. The number of carbonyl (C=O) groups is 2. The third-order valence-electron chi connectivity index (χ3n) is 4.31. The molecule has 0 bridgehead atoms. The Kier molecular flexibility index (Phi) is 6.62. The first-order valence-corrected chi connectivity index (χ1v) is 9.71. The molecule has 0 saturated heterocycles. The van der Waals surface area contributed by atoms with E-state index in [0.717, 1.165) is 15.6 Å². The van der Waals surface area contributed by atoms with Crippen molar-refractivity contribution in [1.29, 1.82) is 0 Å². The summed E-state index contributed by atoms with van der Waals surface area (Å²) in [5.41, 5.74) is 2.68. The maximum Gasteiger partial charge on any atom is 0.343 e. The lowest BCUT2D eigenvalue weighted by Crippen LogP contribution is -2.10. The molecule has 5 heteroatoms. The number of allylic oxidation sites excluding steroid dienone is 1. The van der Waals surface area contributed by atoms with Gasteiger partial charge in [0.1, 0.15) is 0 Å². The molecule has 0 aliphatic rings. The molecule has 0 aromatic heterocycles. The number of carbonyl (C=O) groups excluding carboxylic acids is 2. The first-order valence-electron chi connectivity index (χ1n) is 8.92. The molecule has 0 aliphatic carbocycles. The van der Waals surface area contributed by atoms with Gasteiger partial charge in [0.2, 0.25) is 0 Å². The maximum atomic E-state index is 12.4. The number of hydrogen-bond acceptors (Lipinski definition) is 4. The average molecular weight is 451 g/mol. The van der Waals surface area contributed by atoms with Gasteiger partial charge in [-0.3, -0.25) is 4.79 Å². The highest BCUT2D eigenvalue weighted by molar-refractivity contribution is 9.10. The van der Waals surface area contributed by atoms with Crippen molar-refractivity contribution in [2.45, 2.75) is 6.92 Å². The minimum Gasteiger partial charge on any atom is -0.493 e. The van der Waals surface area contributed by atoms with Crippen LogP contribution < -0.4 is 9.47 Å². The molecule has 0 spiro atoms. The maximum absolute atomic E-state index is 12.4. The molecule has 3 aromatic rings. The number of rotatable bonds is 6. The Labute approximate surface area is 177 Å². The molecule has 0 aliphatic heterocycles.